The molecule has 7 nitrogen and oxygen atoms in total. The van der Waals surface area contributed by atoms with Gasteiger partial charge in [-0.1, -0.05) is 23.4 Å². The molecule has 0 fully saturated rings. The molecule has 1 aromatic heterocycles. The Labute approximate surface area is 162 Å². The third kappa shape index (κ3) is 4.31. The minimum absolute atomic E-state index is 0.0139. The van der Waals surface area contributed by atoms with Gasteiger partial charge in [0.05, 0.1) is 13.5 Å². The molecule has 28 heavy (non-hydrogen) atoms. The van der Waals surface area contributed by atoms with Gasteiger partial charge in [-0.2, -0.15) is 0 Å². The second kappa shape index (κ2) is 8.12. The Morgan fingerprint density at radius 1 is 1.21 bits per heavy atom. The van der Waals surface area contributed by atoms with Gasteiger partial charge in [0.25, 0.3) is 0 Å². The molecule has 146 valence electrons. The Morgan fingerprint density at radius 2 is 1.93 bits per heavy atom. The quantitative estimate of drug-likeness (QED) is 0.636. The fourth-order valence-corrected chi connectivity index (χ4v) is 3.24. The lowest BCUT2D eigenvalue weighted by Crippen LogP contribution is -2.43. The van der Waals surface area contributed by atoms with Gasteiger partial charge in [-0.05, 0) is 48.7 Å². The lowest BCUT2D eigenvalue weighted by atomic mass is 10.0. The molecule has 0 aliphatic rings. The van der Waals surface area contributed by atoms with Gasteiger partial charge >= 0.3 is 5.97 Å². The number of phenols is 1. The van der Waals surface area contributed by atoms with E-state index in [0.717, 1.165) is 22.1 Å². The molecule has 0 saturated heterocycles. The van der Waals surface area contributed by atoms with Gasteiger partial charge in [-0.25, -0.2) is 4.79 Å². The predicted octanol–water partition coefficient (Wildman–Crippen LogP) is 2.59. The lowest BCUT2D eigenvalue weighted by molar-refractivity contribution is -0.145. The Hall–Kier alpha value is -3.35. The van der Waals surface area contributed by atoms with Crippen LogP contribution in [-0.4, -0.2) is 35.3 Å². The monoisotopic (exact) mass is 382 g/mol. The Bertz CT molecular complexity index is 1010. The maximum absolute atomic E-state index is 12.6. The zero-order chi connectivity index (χ0) is 20.3. The van der Waals surface area contributed by atoms with E-state index >= 15 is 0 Å². The molecule has 0 aliphatic carbocycles. The van der Waals surface area contributed by atoms with E-state index < -0.39 is 12.0 Å². The van der Waals surface area contributed by atoms with Crippen LogP contribution in [0.15, 0.2) is 40.9 Å². The summed E-state index contributed by atoms with van der Waals surface area (Å²) >= 11 is 0. The number of aromatic hydroxyl groups is 1. The molecule has 0 saturated carbocycles. The number of amides is 1. The van der Waals surface area contributed by atoms with Crippen molar-refractivity contribution in [1.29, 1.82) is 0 Å². The predicted molar refractivity (Wildman–Crippen MR) is 103 cm³/mol. The van der Waals surface area contributed by atoms with Crippen molar-refractivity contribution in [3.63, 3.8) is 0 Å². The van der Waals surface area contributed by atoms with Gasteiger partial charge in [-0.3, -0.25) is 4.79 Å². The first-order valence-electron chi connectivity index (χ1n) is 8.88. The van der Waals surface area contributed by atoms with Gasteiger partial charge < -0.3 is 19.7 Å². The highest BCUT2D eigenvalue weighted by Gasteiger charge is 2.23. The highest BCUT2D eigenvalue weighted by Crippen LogP contribution is 2.24. The highest BCUT2D eigenvalue weighted by molar-refractivity contribution is 5.90. The van der Waals surface area contributed by atoms with Gasteiger partial charge in [0.2, 0.25) is 5.91 Å². The number of rotatable bonds is 6. The first-order chi connectivity index (χ1) is 13.4. The van der Waals surface area contributed by atoms with Gasteiger partial charge in [0, 0.05) is 11.8 Å². The van der Waals surface area contributed by atoms with Crippen LogP contribution in [0.4, 0.5) is 0 Å². The number of aromatic nitrogens is 1. The van der Waals surface area contributed by atoms with Crippen LogP contribution in [-0.2, 0) is 27.2 Å². The van der Waals surface area contributed by atoms with Crippen molar-refractivity contribution in [2.45, 2.75) is 32.7 Å². The first-order valence-corrected chi connectivity index (χ1v) is 8.88. The fourth-order valence-electron chi connectivity index (χ4n) is 3.24. The van der Waals surface area contributed by atoms with Crippen LogP contribution in [0.5, 0.6) is 5.75 Å². The third-order valence-corrected chi connectivity index (χ3v) is 4.51. The summed E-state index contributed by atoms with van der Waals surface area (Å²) in [6, 6.07) is 9.46. The zero-order valence-corrected chi connectivity index (χ0v) is 16.0. The largest absolute Gasteiger partial charge is 0.508 e. The van der Waals surface area contributed by atoms with Crippen LogP contribution in [0.1, 0.15) is 22.4 Å². The number of hydrogen-bond donors (Lipinski definition) is 2. The summed E-state index contributed by atoms with van der Waals surface area (Å²) in [5.74, 6) is -0.770. The molecule has 1 amide bonds. The van der Waals surface area contributed by atoms with Crippen molar-refractivity contribution in [2.24, 2.45) is 0 Å². The minimum atomic E-state index is -0.844. The molecule has 0 spiro atoms. The Kier molecular flexibility index (Phi) is 5.63. The van der Waals surface area contributed by atoms with Gasteiger partial charge in [-0.15, -0.1) is 0 Å². The maximum Gasteiger partial charge on any atom is 0.328 e. The number of fused-ring (bicyclic) bond motifs is 1. The summed E-state index contributed by atoms with van der Waals surface area (Å²) in [5.41, 5.74) is 3.98. The van der Waals surface area contributed by atoms with Crippen LogP contribution < -0.4 is 5.32 Å². The second-order valence-corrected chi connectivity index (χ2v) is 6.77. The molecule has 3 aromatic rings. The summed E-state index contributed by atoms with van der Waals surface area (Å²) < 4.78 is 10.2. The van der Waals surface area contributed by atoms with Crippen LogP contribution in [0.2, 0.25) is 0 Å². The number of ether oxygens (including phenoxy) is 1. The SMILES string of the molecule is COC(=O)C(Cc1ccc(O)cc1)NC(=O)Cc1noc2cc(C)cc(C)c12. The summed E-state index contributed by atoms with van der Waals surface area (Å²) in [5, 5.41) is 16.9. The number of esters is 1. The molecule has 2 N–H and O–H groups in total. The van der Waals surface area contributed by atoms with Crippen molar-refractivity contribution >= 4 is 22.8 Å². The standard InChI is InChI=1S/C21H22N2O5/c1-12-8-13(2)20-16(23-28-18(20)9-12)11-19(25)22-17(21(26)27-3)10-14-4-6-15(24)7-5-14/h4-9,17,24H,10-11H2,1-3H3,(H,22,25). The van der Waals surface area contributed by atoms with Crippen molar-refractivity contribution in [3.05, 3.63) is 58.8 Å². The molecule has 3 rings (SSSR count). The van der Waals surface area contributed by atoms with E-state index in [1.807, 2.05) is 26.0 Å². The first kappa shape index (κ1) is 19.4. The number of hydrogen-bond acceptors (Lipinski definition) is 6. The molecular weight excluding hydrogens is 360 g/mol. The number of phenolic OH excluding ortho intramolecular Hbond substituents is 1. The van der Waals surface area contributed by atoms with E-state index in [9.17, 15) is 14.7 Å². The second-order valence-electron chi connectivity index (χ2n) is 6.77. The topological polar surface area (TPSA) is 102 Å². The van der Waals surface area contributed by atoms with E-state index in [1.54, 1.807) is 12.1 Å². The smallest absolute Gasteiger partial charge is 0.328 e. The molecule has 0 radical (unpaired) electrons. The number of aryl methyl sites for hydroxylation is 2. The van der Waals surface area contributed by atoms with Crippen LogP contribution in [0.3, 0.4) is 0 Å². The number of methoxy groups -OCH3 is 1. The summed E-state index contributed by atoms with van der Waals surface area (Å²) in [6.07, 6.45) is 0.233. The van der Waals surface area contributed by atoms with Crippen LogP contribution >= 0.6 is 0 Å². The van der Waals surface area contributed by atoms with Gasteiger partial charge in [0.15, 0.2) is 5.58 Å². The zero-order valence-electron chi connectivity index (χ0n) is 16.0. The number of nitrogens with one attached hydrogen (secondary N) is 1. The Morgan fingerprint density at radius 3 is 2.61 bits per heavy atom. The van der Waals surface area contributed by atoms with Crippen molar-refractivity contribution in [2.75, 3.05) is 7.11 Å². The summed E-state index contributed by atoms with van der Waals surface area (Å²) in [4.78, 5) is 24.7. The number of carbonyl (C=O) groups excluding carboxylic acids is 2. The fraction of sp³-hybridized carbons (Fsp3) is 0.286. The van der Waals surface area contributed by atoms with Crippen LogP contribution in [0, 0.1) is 13.8 Å². The van der Waals surface area contributed by atoms with Crippen molar-refractivity contribution in [3.8, 4) is 5.75 Å². The van der Waals surface area contributed by atoms with E-state index in [2.05, 4.69) is 10.5 Å². The average molecular weight is 382 g/mol. The summed E-state index contributed by atoms with van der Waals surface area (Å²) in [6.45, 7) is 3.90. The van der Waals surface area contributed by atoms with E-state index in [1.165, 1.54) is 19.2 Å². The minimum Gasteiger partial charge on any atom is -0.508 e. The molecule has 2 aromatic carbocycles. The lowest BCUT2D eigenvalue weighted by Gasteiger charge is -2.16. The number of benzene rings is 2. The molecule has 1 unspecified atom stereocenters. The normalized spacial score (nSPS) is 12.0. The number of nitrogens with zero attached hydrogens (tertiary/aromatic N) is 1. The molecule has 0 bridgehead atoms. The molecular formula is C21H22N2O5. The maximum atomic E-state index is 12.6. The molecule has 0 aliphatic heterocycles. The molecule has 1 atom stereocenters. The van der Waals surface area contributed by atoms with Gasteiger partial charge in [0.1, 0.15) is 17.5 Å². The van der Waals surface area contributed by atoms with E-state index in [4.69, 9.17) is 9.26 Å². The molecule has 1 heterocycles. The van der Waals surface area contributed by atoms with Crippen LogP contribution in [0.25, 0.3) is 11.0 Å². The highest BCUT2D eigenvalue weighted by atomic mass is 16.5. The van der Waals surface area contributed by atoms with E-state index in [-0.39, 0.29) is 24.5 Å². The number of carbonyl (C=O) groups is 2. The average Bonchev–Trinajstić information content (AvgIpc) is 3.04. The molecule has 7 heteroatoms. The summed E-state index contributed by atoms with van der Waals surface area (Å²) in [7, 11) is 1.27. The Balaban J connectivity index is 1.75. The van der Waals surface area contributed by atoms with Crippen molar-refractivity contribution < 1.29 is 24.0 Å². The van der Waals surface area contributed by atoms with E-state index in [0.29, 0.717) is 11.3 Å². The van der Waals surface area contributed by atoms with Crippen molar-refractivity contribution in [1.82, 2.24) is 10.5 Å². The third-order valence-electron chi connectivity index (χ3n) is 4.51.